The first-order valence-corrected chi connectivity index (χ1v) is 7.24. The fourth-order valence-corrected chi connectivity index (χ4v) is 3.43. The summed E-state index contributed by atoms with van der Waals surface area (Å²) in [5.41, 5.74) is 1.46. The third-order valence-corrected chi connectivity index (χ3v) is 4.69. The molecule has 0 radical (unpaired) electrons. The summed E-state index contributed by atoms with van der Waals surface area (Å²) in [7, 11) is 0. The molecule has 20 heavy (non-hydrogen) atoms. The normalized spacial score (nSPS) is 28.6. The van der Waals surface area contributed by atoms with Crippen LogP contribution in [0.2, 0.25) is 0 Å². The van der Waals surface area contributed by atoms with E-state index in [2.05, 4.69) is 13.5 Å². The molecule has 0 saturated heterocycles. The van der Waals surface area contributed by atoms with Crippen LogP contribution >= 0.6 is 0 Å². The summed E-state index contributed by atoms with van der Waals surface area (Å²) >= 11 is 0. The van der Waals surface area contributed by atoms with Crippen LogP contribution in [0, 0.1) is 17.8 Å². The average Bonchev–Trinajstić information content (AvgIpc) is 2.42. The summed E-state index contributed by atoms with van der Waals surface area (Å²) in [5.74, 6) is -0.448. The molecule has 0 aromatic rings. The lowest BCUT2D eigenvalue weighted by atomic mass is 9.67. The second-order valence-electron chi connectivity index (χ2n) is 6.05. The van der Waals surface area contributed by atoms with E-state index in [0.717, 1.165) is 24.8 Å². The van der Waals surface area contributed by atoms with Gasteiger partial charge in [0.25, 0.3) is 0 Å². The van der Waals surface area contributed by atoms with Crippen LogP contribution < -0.4 is 0 Å². The van der Waals surface area contributed by atoms with Crippen LogP contribution in [0.1, 0.15) is 40.0 Å². The van der Waals surface area contributed by atoms with E-state index >= 15 is 0 Å². The van der Waals surface area contributed by atoms with E-state index in [1.807, 2.05) is 13.0 Å². The van der Waals surface area contributed by atoms with E-state index in [-0.39, 0.29) is 23.2 Å². The number of aliphatic hydroxyl groups excluding tert-OH is 1. The van der Waals surface area contributed by atoms with Crippen molar-refractivity contribution in [3.05, 3.63) is 35.1 Å². The van der Waals surface area contributed by atoms with Crippen molar-refractivity contribution in [3.63, 3.8) is 0 Å². The molecule has 0 spiro atoms. The molecular formula is C17H22O3. The van der Waals surface area contributed by atoms with Crippen LogP contribution in [0.5, 0.6) is 0 Å². The van der Waals surface area contributed by atoms with E-state index in [0.29, 0.717) is 11.5 Å². The second kappa shape index (κ2) is 5.39. The van der Waals surface area contributed by atoms with Gasteiger partial charge >= 0.3 is 0 Å². The van der Waals surface area contributed by atoms with E-state index < -0.39 is 11.6 Å². The molecule has 108 valence electrons. The Morgan fingerprint density at radius 1 is 1.30 bits per heavy atom. The van der Waals surface area contributed by atoms with Gasteiger partial charge < -0.3 is 5.11 Å². The molecule has 3 heteroatoms. The molecule has 3 atom stereocenters. The number of carbonyl (C=O) groups excluding carboxylic acids is 2. The molecule has 2 aliphatic rings. The van der Waals surface area contributed by atoms with Crippen molar-refractivity contribution in [1.82, 2.24) is 0 Å². The molecule has 0 saturated carbocycles. The molecule has 0 heterocycles. The van der Waals surface area contributed by atoms with Gasteiger partial charge in [0, 0.05) is 16.7 Å². The number of rotatable bonds is 3. The highest BCUT2D eigenvalue weighted by Gasteiger charge is 2.41. The van der Waals surface area contributed by atoms with Gasteiger partial charge in [0.15, 0.2) is 0 Å². The molecule has 0 bridgehead atoms. The Hall–Kier alpha value is -1.64. The number of allylic oxidation sites excluding steroid dienone is 4. The first-order chi connectivity index (χ1) is 9.40. The average molecular weight is 274 g/mol. The maximum Gasteiger partial charge on any atom is 0.232 e. The van der Waals surface area contributed by atoms with Gasteiger partial charge in [-0.3, -0.25) is 9.59 Å². The minimum atomic E-state index is -0.551. The fourth-order valence-electron chi connectivity index (χ4n) is 3.43. The topological polar surface area (TPSA) is 54.4 Å². The molecule has 0 amide bonds. The third kappa shape index (κ3) is 2.15. The Kier molecular flexibility index (Phi) is 3.98. The Labute approximate surface area is 120 Å². The van der Waals surface area contributed by atoms with Crippen molar-refractivity contribution in [1.29, 1.82) is 0 Å². The molecule has 2 rings (SSSR count). The molecule has 2 aliphatic carbocycles. The Bertz CT molecular complexity index is 536. The van der Waals surface area contributed by atoms with E-state index in [4.69, 9.17) is 0 Å². The summed E-state index contributed by atoms with van der Waals surface area (Å²) < 4.78 is 0. The molecule has 1 N–H and O–H groups in total. The molecular weight excluding hydrogens is 252 g/mol. The van der Waals surface area contributed by atoms with Crippen molar-refractivity contribution >= 4 is 11.6 Å². The Morgan fingerprint density at radius 2 is 1.95 bits per heavy atom. The van der Waals surface area contributed by atoms with Crippen molar-refractivity contribution in [2.45, 2.75) is 40.0 Å². The zero-order chi connectivity index (χ0) is 15.0. The molecule has 0 unspecified atom stereocenters. The fraction of sp³-hybridized carbons (Fsp3) is 0.529. The van der Waals surface area contributed by atoms with Crippen LogP contribution in [-0.4, -0.2) is 16.7 Å². The Morgan fingerprint density at radius 3 is 2.55 bits per heavy atom. The molecule has 0 aromatic carbocycles. The highest BCUT2D eigenvalue weighted by Crippen LogP contribution is 2.45. The number of aliphatic hydroxyl groups is 1. The monoisotopic (exact) mass is 274 g/mol. The maximum absolute atomic E-state index is 12.3. The SMILES string of the molecule is C=CC[C@H](C)[C@H]1CC[C@H](C)C2=C1C(O)=C(C)C(=O)C2=O. The van der Waals surface area contributed by atoms with Crippen LogP contribution in [-0.2, 0) is 9.59 Å². The van der Waals surface area contributed by atoms with Crippen molar-refractivity contribution in [2.75, 3.05) is 0 Å². The van der Waals surface area contributed by atoms with E-state index in [1.165, 1.54) is 6.92 Å². The second-order valence-corrected chi connectivity index (χ2v) is 6.05. The largest absolute Gasteiger partial charge is 0.507 e. The summed E-state index contributed by atoms with van der Waals surface area (Å²) in [6.45, 7) is 9.37. The third-order valence-electron chi connectivity index (χ3n) is 4.69. The lowest BCUT2D eigenvalue weighted by Gasteiger charge is -2.36. The van der Waals surface area contributed by atoms with Crippen LogP contribution in [0.15, 0.2) is 35.1 Å². The predicted molar refractivity (Wildman–Crippen MR) is 78.2 cm³/mol. The van der Waals surface area contributed by atoms with E-state index in [9.17, 15) is 14.7 Å². The van der Waals surface area contributed by atoms with Gasteiger partial charge in [0.2, 0.25) is 11.6 Å². The highest BCUT2D eigenvalue weighted by molar-refractivity contribution is 6.50. The maximum atomic E-state index is 12.3. The quantitative estimate of drug-likeness (QED) is 0.486. The standard InChI is InChI=1S/C17H22O3/c1-5-6-9(2)12-8-7-10(3)13-14(12)15(18)11(4)16(19)17(13)20/h5,9-10,12,18H,1,6-8H2,2-4H3/t9-,10-,12+/m0/s1. The van der Waals surface area contributed by atoms with Gasteiger partial charge in [0.1, 0.15) is 5.76 Å². The minimum Gasteiger partial charge on any atom is -0.507 e. The predicted octanol–water partition coefficient (Wildman–Crippen LogP) is 3.53. The van der Waals surface area contributed by atoms with Crippen LogP contribution in [0.25, 0.3) is 0 Å². The lowest BCUT2D eigenvalue weighted by Crippen LogP contribution is -2.35. The smallest absolute Gasteiger partial charge is 0.232 e. The zero-order valence-electron chi connectivity index (χ0n) is 12.4. The lowest BCUT2D eigenvalue weighted by molar-refractivity contribution is -0.133. The highest BCUT2D eigenvalue weighted by atomic mass is 16.3. The first-order valence-electron chi connectivity index (χ1n) is 7.24. The summed E-state index contributed by atoms with van der Waals surface area (Å²) in [6.07, 6.45) is 4.53. The van der Waals surface area contributed by atoms with Crippen molar-refractivity contribution < 1.29 is 14.7 Å². The number of hydrogen-bond donors (Lipinski definition) is 1. The molecule has 0 fully saturated rings. The first kappa shape index (κ1) is 14.8. The molecule has 0 aliphatic heterocycles. The summed E-state index contributed by atoms with van der Waals surface area (Å²) in [6, 6.07) is 0. The van der Waals surface area contributed by atoms with Gasteiger partial charge in [-0.15, -0.1) is 6.58 Å². The Balaban J connectivity index is 2.56. The summed E-state index contributed by atoms with van der Waals surface area (Å²) in [5, 5.41) is 10.4. The van der Waals surface area contributed by atoms with Gasteiger partial charge in [0.05, 0.1) is 0 Å². The number of ketones is 2. The van der Waals surface area contributed by atoms with Crippen molar-refractivity contribution in [3.8, 4) is 0 Å². The zero-order valence-corrected chi connectivity index (χ0v) is 12.4. The van der Waals surface area contributed by atoms with Crippen LogP contribution in [0.4, 0.5) is 0 Å². The minimum absolute atomic E-state index is 0.0389. The summed E-state index contributed by atoms with van der Waals surface area (Å²) in [4.78, 5) is 24.2. The number of Topliss-reactive ketones (excluding diaryl/α,β-unsaturated/α-hetero) is 2. The van der Waals surface area contributed by atoms with E-state index in [1.54, 1.807) is 0 Å². The molecule has 3 nitrogen and oxygen atoms in total. The van der Waals surface area contributed by atoms with Gasteiger partial charge in [-0.25, -0.2) is 0 Å². The van der Waals surface area contributed by atoms with Gasteiger partial charge in [-0.2, -0.15) is 0 Å². The number of hydrogen-bond acceptors (Lipinski definition) is 3. The van der Waals surface area contributed by atoms with Gasteiger partial charge in [-0.1, -0.05) is 19.9 Å². The van der Waals surface area contributed by atoms with Crippen molar-refractivity contribution in [2.24, 2.45) is 17.8 Å². The van der Waals surface area contributed by atoms with Gasteiger partial charge in [-0.05, 0) is 43.9 Å². The molecule has 0 aromatic heterocycles. The van der Waals surface area contributed by atoms with Crippen LogP contribution in [0.3, 0.4) is 0 Å². The number of carbonyl (C=O) groups is 2.